The van der Waals surface area contributed by atoms with E-state index in [4.69, 9.17) is 10.7 Å². The van der Waals surface area contributed by atoms with Crippen molar-refractivity contribution in [3.05, 3.63) is 29.6 Å². The van der Waals surface area contributed by atoms with Crippen LogP contribution in [-0.2, 0) is 15.6 Å². The molecule has 3 nitrogen and oxygen atoms in total. The lowest BCUT2D eigenvalue weighted by atomic mass is 10.1. The van der Waals surface area contributed by atoms with Gasteiger partial charge in [-0.3, -0.25) is 4.90 Å². The minimum Gasteiger partial charge on any atom is -0.299 e. The largest absolute Gasteiger partial charge is 0.299 e. The molecule has 1 aliphatic heterocycles. The average molecular weight is 292 g/mol. The maximum Gasteiger partial charge on any atom is 0.261 e. The number of halogens is 2. The van der Waals surface area contributed by atoms with E-state index in [-0.39, 0.29) is 4.90 Å². The molecule has 0 aliphatic carbocycles. The molecule has 1 saturated heterocycles. The van der Waals surface area contributed by atoms with Crippen molar-refractivity contribution >= 4 is 19.7 Å². The van der Waals surface area contributed by atoms with E-state index in [1.54, 1.807) is 0 Å². The van der Waals surface area contributed by atoms with E-state index in [9.17, 15) is 12.8 Å². The van der Waals surface area contributed by atoms with Crippen LogP contribution in [0.3, 0.4) is 0 Å². The highest BCUT2D eigenvalue weighted by Crippen LogP contribution is 2.23. The number of piperidine rings is 1. The summed E-state index contributed by atoms with van der Waals surface area (Å²) < 4.78 is 36.1. The van der Waals surface area contributed by atoms with Crippen LogP contribution < -0.4 is 0 Å². The topological polar surface area (TPSA) is 37.4 Å². The van der Waals surface area contributed by atoms with E-state index in [2.05, 4.69) is 4.90 Å². The fourth-order valence-electron chi connectivity index (χ4n) is 2.27. The molecule has 0 bridgehead atoms. The van der Waals surface area contributed by atoms with Gasteiger partial charge in [0, 0.05) is 17.2 Å². The van der Waals surface area contributed by atoms with Gasteiger partial charge in [-0.05, 0) is 49.7 Å². The molecule has 1 aromatic rings. The van der Waals surface area contributed by atoms with Crippen molar-refractivity contribution in [2.24, 2.45) is 0 Å². The molecule has 1 aliphatic rings. The average Bonchev–Trinajstić information content (AvgIpc) is 2.28. The van der Waals surface area contributed by atoms with Crippen molar-refractivity contribution in [3.8, 4) is 0 Å². The molecule has 0 saturated carbocycles. The van der Waals surface area contributed by atoms with Crippen LogP contribution in [0.5, 0.6) is 0 Å². The van der Waals surface area contributed by atoms with Crippen molar-refractivity contribution in [2.75, 3.05) is 13.1 Å². The van der Waals surface area contributed by atoms with Gasteiger partial charge in [0.05, 0.1) is 4.90 Å². The summed E-state index contributed by atoms with van der Waals surface area (Å²) in [5, 5.41) is 0. The lowest BCUT2D eigenvalue weighted by Crippen LogP contribution is -2.29. The van der Waals surface area contributed by atoms with Crippen LogP contribution in [-0.4, -0.2) is 26.4 Å². The highest BCUT2D eigenvalue weighted by molar-refractivity contribution is 8.13. The molecule has 0 aromatic heterocycles. The summed E-state index contributed by atoms with van der Waals surface area (Å²) in [5.74, 6) is -0.439. The van der Waals surface area contributed by atoms with Gasteiger partial charge in [-0.2, -0.15) is 0 Å². The molecule has 2 rings (SSSR count). The minimum absolute atomic E-state index is 0.0103. The molecule has 0 atom stereocenters. The summed E-state index contributed by atoms with van der Waals surface area (Å²) in [4.78, 5) is 2.14. The lowest BCUT2D eigenvalue weighted by molar-refractivity contribution is 0.219. The van der Waals surface area contributed by atoms with E-state index in [1.807, 2.05) is 0 Å². The zero-order valence-electron chi connectivity index (χ0n) is 9.90. The SMILES string of the molecule is O=S(=O)(Cl)c1ccc(F)cc1CN1CCCCC1. The zero-order chi connectivity index (χ0) is 13.2. The van der Waals surface area contributed by atoms with Crippen molar-refractivity contribution in [1.82, 2.24) is 4.90 Å². The Morgan fingerprint density at radius 2 is 1.89 bits per heavy atom. The summed E-state index contributed by atoms with van der Waals surface area (Å²) in [5.41, 5.74) is 0.437. The number of hydrogen-bond acceptors (Lipinski definition) is 3. The monoisotopic (exact) mass is 291 g/mol. The molecule has 0 radical (unpaired) electrons. The smallest absolute Gasteiger partial charge is 0.261 e. The number of benzene rings is 1. The molecule has 0 spiro atoms. The Morgan fingerprint density at radius 1 is 1.22 bits per heavy atom. The summed E-state index contributed by atoms with van der Waals surface area (Å²) in [6.45, 7) is 2.26. The Kier molecular flexibility index (Phi) is 4.25. The molecule has 6 heteroatoms. The second kappa shape index (κ2) is 5.55. The van der Waals surface area contributed by atoms with Crippen LogP contribution in [0.25, 0.3) is 0 Å². The summed E-state index contributed by atoms with van der Waals surface area (Å²) in [6, 6.07) is 3.61. The first-order valence-electron chi connectivity index (χ1n) is 5.92. The molecule has 0 N–H and O–H groups in total. The second-order valence-corrected chi connectivity index (χ2v) is 7.06. The van der Waals surface area contributed by atoms with Gasteiger partial charge < -0.3 is 0 Å². The molecule has 1 heterocycles. The summed E-state index contributed by atoms with van der Waals surface area (Å²) >= 11 is 0. The summed E-state index contributed by atoms with van der Waals surface area (Å²) in [7, 11) is 1.54. The van der Waals surface area contributed by atoms with Gasteiger partial charge in [0.25, 0.3) is 9.05 Å². The van der Waals surface area contributed by atoms with E-state index in [1.165, 1.54) is 18.6 Å². The van der Waals surface area contributed by atoms with Crippen LogP contribution in [0.4, 0.5) is 4.39 Å². The van der Waals surface area contributed by atoms with Crippen LogP contribution >= 0.6 is 10.7 Å². The Balaban J connectivity index is 2.27. The Morgan fingerprint density at radius 3 is 2.50 bits per heavy atom. The highest BCUT2D eigenvalue weighted by Gasteiger charge is 2.19. The maximum absolute atomic E-state index is 13.2. The van der Waals surface area contributed by atoms with Crippen LogP contribution in [0.1, 0.15) is 24.8 Å². The predicted octanol–water partition coefficient (Wildman–Crippen LogP) is 2.74. The summed E-state index contributed by atoms with van der Waals surface area (Å²) in [6.07, 6.45) is 3.39. The predicted molar refractivity (Wildman–Crippen MR) is 68.6 cm³/mol. The second-order valence-electron chi connectivity index (χ2n) is 4.53. The normalized spacial score (nSPS) is 17.9. The standard InChI is InChI=1S/C12H15ClFNO2S/c13-18(16,17)12-5-4-11(14)8-10(12)9-15-6-2-1-3-7-15/h4-5,8H,1-3,6-7,9H2. The molecule has 0 amide bonds. The van der Waals surface area contributed by atoms with Crippen LogP contribution in [0.15, 0.2) is 23.1 Å². The lowest BCUT2D eigenvalue weighted by Gasteiger charge is -2.26. The molecule has 0 unspecified atom stereocenters. The van der Waals surface area contributed by atoms with Gasteiger partial charge in [0.15, 0.2) is 0 Å². The van der Waals surface area contributed by atoms with Crippen LogP contribution in [0, 0.1) is 5.82 Å². The first kappa shape index (κ1) is 13.8. The van der Waals surface area contributed by atoms with Crippen LogP contribution in [0.2, 0.25) is 0 Å². The Bertz CT molecular complexity index is 527. The molecular weight excluding hydrogens is 277 g/mol. The van der Waals surface area contributed by atoms with E-state index in [0.29, 0.717) is 12.1 Å². The zero-order valence-corrected chi connectivity index (χ0v) is 11.5. The van der Waals surface area contributed by atoms with Crippen molar-refractivity contribution in [3.63, 3.8) is 0 Å². The first-order chi connectivity index (χ1) is 8.47. The molecule has 1 fully saturated rings. The quantitative estimate of drug-likeness (QED) is 0.804. The Hall–Kier alpha value is -0.650. The number of hydrogen-bond donors (Lipinski definition) is 0. The molecule has 1 aromatic carbocycles. The van der Waals surface area contributed by atoms with Crippen molar-refractivity contribution < 1.29 is 12.8 Å². The minimum atomic E-state index is -3.82. The van der Waals surface area contributed by atoms with Gasteiger partial charge in [0.1, 0.15) is 5.82 Å². The molecular formula is C12H15ClFNO2S. The highest BCUT2D eigenvalue weighted by atomic mass is 35.7. The van der Waals surface area contributed by atoms with Gasteiger partial charge >= 0.3 is 0 Å². The fourth-order valence-corrected chi connectivity index (χ4v) is 3.39. The fraction of sp³-hybridized carbons (Fsp3) is 0.500. The van der Waals surface area contributed by atoms with E-state index < -0.39 is 14.9 Å². The van der Waals surface area contributed by atoms with E-state index >= 15 is 0 Å². The number of likely N-dealkylation sites (tertiary alicyclic amines) is 1. The van der Waals surface area contributed by atoms with E-state index in [0.717, 1.165) is 32.0 Å². The Labute approximate surface area is 111 Å². The first-order valence-corrected chi connectivity index (χ1v) is 8.23. The third-order valence-electron chi connectivity index (χ3n) is 3.13. The molecule has 100 valence electrons. The van der Waals surface area contributed by atoms with Gasteiger partial charge in [-0.25, -0.2) is 12.8 Å². The molecule has 18 heavy (non-hydrogen) atoms. The van der Waals surface area contributed by atoms with Crippen molar-refractivity contribution in [2.45, 2.75) is 30.7 Å². The van der Waals surface area contributed by atoms with Gasteiger partial charge in [0.2, 0.25) is 0 Å². The number of rotatable bonds is 3. The number of nitrogens with zero attached hydrogens (tertiary/aromatic N) is 1. The van der Waals surface area contributed by atoms with Crippen molar-refractivity contribution in [1.29, 1.82) is 0 Å². The third kappa shape index (κ3) is 3.43. The van der Waals surface area contributed by atoms with Gasteiger partial charge in [-0.15, -0.1) is 0 Å². The maximum atomic E-state index is 13.2. The third-order valence-corrected chi connectivity index (χ3v) is 4.55. The van der Waals surface area contributed by atoms with Gasteiger partial charge in [-0.1, -0.05) is 6.42 Å².